The van der Waals surface area contributed by atoms with E-state index < -0.39 is 0 Å². The van der Waals surface area contributed by atoms with E-state index in [1.54, 1.807) is 6.07 Å². The number of carbonyl (C=O) groups excluding carboxylic acids is 1. The number of nitrogens with zero attached hydrogens (tertiary/aromatic N) is 1. The standard InChI is InChI=1S/C17H14Cl2N2OS2/c1-10-3-2-4-14-16(10)21-17(24-14)20-15(22)9-23-8-11-5-6-12(18)13(19)7-11/h2-7H,8-9H2,1H3,(H,20,21,22). The molecule has 0 aliphatic carbocycles. The average Bonchev–Trinajstić information content (AvgIpc) is 2.95. The van der Waals surface area contributed by atoms with Crippen LogP contribution in [0.15, 0.2) is 36.4 Å². The van der Waals surface area contributed by atoms with E-state index >= 15 is 0 Å². The number of aromatic nitrogens is 1. The molecule has 0 saturated heterocycles. The summed E-state index contributed by atoms with van der Waals surface area (Å²) in [7, 11) is 0. The predicted octanol–water partition coefficient (Wildman–Crippen LogP) is 5.78. The third-order valence-corrected chi connectivity index (χ3v) is 6.03. The minimum atomic E-state index is -0.0585. The van der Waals surface area contributed by atoms with Crippen LogP contribution in [-0.2, 0) is 10.5 Å². The molecular weight excluding hydrogens is 383 g/mol. The smallest absolute Gasteiger partial charge is 0.236 e. The van der Waals surface area contributed by atoms with Gasteiger partial charge in [-0.2, -0.15) is 0 Å². The number of aryl methyl sites for hydroxylation is 1. The molecule has 2 aromatic carbocycles. The van der Waals surface area contributed by atoms with Crippen molar-refractivity contribution < 1.29 is 4.79 Å². The molecule has 1 amide bonds. The minimum absolute atomic E-state index is 0.0585. The Labute approximate surface area is 158 Å². The van der Waals surface area contributed by atoms with Crippen molar-refractivity contribution in [2.24, 2.45) is 0 Å². The molecule has 0 saturated carbocycles. The number of rotatable bonds is 5. The summed E-state index contributed by atoms with van der Waals surface area (Å²) in [5.41, 5.74) is 3.09. The van der Waals surface area contributed by atoms with Crippen LogP contribution in [0.25, 0.3) is 10.2 Å². The van der Waals surface area contributed by atoms with Crippen molar-refractivity contribution in [1.82, 2.24) is 4.98 Å². The number of hydrogen-bond donors (Lipinski definition) is 1. The van der Waals surface area contributed by atoms with E-state index in [0.29, 0.717) is 26.7 Å². The Bertz CT molecular complexity index is 895. The lowest BCUT2D eigenvalue weighted by Gasteiger charge is -2.04. The van der Waals surface area contributed by atoms with Crippen molar-refractivity contribution in [2.45, 2.75) is 12.7 Å². The summed E-state index contributed by atoms with van der Waals surface area (Å²) in [6.45, 7) is 2.01. The van der Waals surface area contributed by atoms with Gasteiger partial charge in [0.1, 0.15) is 0 Å². The molecule has 0 fully saturated rings. The average molecular weight is 397 g/mol. The number of carbonyl (C=O) groups is 1. The van der Waals surface area contributed by atoms with Crippen LogP contribution in [0.3, 0.4) is 0 Å². The summed E-state index contributed by atoms with van der Waals surface area (Å²) in [4.78, 5) is 16.6. The maximum Gasteiger partial charge on any atom is 0.236 e. The van der Waals surface area contributed by atoms with Crippen molar-refractivity contribution in [3.05, 3.63) is 57.6 Å². The van der Waals surface area contributed by atoms with Crippen molar-refractivity contribution in [2.75, 3.05) is 11.1 Å². The summed E-state index contributed by atoms with van der Waals surface area (Å²) >= 11 is 14.9. The van der Waals surface area contributed by atoms with Crippen LogP contribution in [0.1, 0.15) is 11.1 Å². The van der Waals surface area contributed by atoms with Crippen LogP contribution in [0, 0.1) is 6.92 Å². The zero-order valence-electron chi connectivity index (χ0n) is 12.8. The third kappa shape index (κ3) is 4.22. The number of thioether (sulfide) groups is 1. The first-order valence-electron chi connectivity index (χ1n) is 7.20. The maximum atomic E-state index is 12.1. The lowest BCUT2D eigenvalue weighted by molar-refractivity contribution is -0.113. The molecule has 3 aromatic rings. The quantitative estimate of drug-likeness (QED) is 0.593. The number of benzene rings is 2. The van der Waals surface area contributed by atoms with Gasteiger partial charge in [0.15, 0.2) is 5.13 Å². The minimum Gasteiger partial charge on any atom is -0.301 e. The summed E-state index contributed by atoms with van der Waals surface area (Å²) < 4.78 is 1.08. The number of amides is 1. The Hall–Kier alpha value is -1.27. The number of nitrogens with one attached hydrogen (secondary N) is 1. The molecule has 0 atom stereocenters. The number of para-hydroxylation sites is 1. The molecule has 0 aliphatic rings. The first-order valence-corrected chi connectivity index (χ1v) is 9.93. The van der Waals surface area contributed by atoms with Crippen LogP contribution in [0.4, 0.5) is 5.13 Å². The second kappa shape index (κ2) is 7.74. The van der Waals surface area contributed by atoms with E-state index in [-0.39, 0.29) is 5.91 Å². The fraction of sp³-hybridized carbons (Fsp3) is 0.176. The lowest BCUT2D eigenvalue weighted by Crippen LogP contribution is -2.13. The number of hydrogen-bond acceptors (Lipinski definition) is 4. The molecule has 24 heavy (non-hydrogen) atoms. The monoisotopic (exact) mass is 396 g/mol. The van der Waals surface area contributed by atoms with E-state index in [0.717, 1.165) is 21.3 Å². The first kappa shape index (κ1) is 17.5. The number of thiazole rings is 1. The van der Waals surface area contributed by atoms with Crippen molar-refractivity contribution in [3.63, 3.8) is 0 Å². The van der Waals surface area contributed by atoms with Gasteiger partial charge >= 0.3 is 0 Å². The molecule has 124 valence electrons. The normalized spacial score (nSPS) is 11.0. The SMILES string of the molecule is Cc1cccc2sc(NC(=O)CSCc3ccc(Cl)c(Cl)c3)nc12. The van der Waals surface area contributed by atoms with Gasteiger partial charge in [-0.25, -0.2) is 4.98 Å². The highest BCUT2D eigenvalue weighted by atomic mass is 35.5. The largest absolute Gasteiger partial charge is 0.301 e. The molecule has 0 aliphatic heterocycles. The van der Waals surface area contributed by atoms with Crippen LogP contribution < -0.4 is 5.32 Å². The number of anilines is 1. The number of halogens is 2. The summed E-state index contributed by atoms with van der Waals surface area (Å²) in [6.07, 6.45) is 0. The second-order valence-corrected chi connectivity index (χ2v) is 8.06. The van der Waals surface area contributed by atoms with E-state index in [2.05, 4.69) is 10.3 Å². The molecule has 3 rings (SSSR count). The zero-order chi connectivity index (χ0) is 17.1. The Morgan fingerprint density at radius 2 is 2.08 bits per heavy atom. The van der Waals surface area contributed by atoms with E-state index in [1.165, 1.54) is 23.1 Å². The van der Waals surface area contributed by atoms with Gasteiger partial charge in [-0.3, -0.25) is 4.79 Å². The molecule has 1 heterocycles. The fourth-order valence-electron chi connectivity index (χ4n) is 2.19. The van der Waals surface area contributed by atoms with Crippen LogP contribution in [-0.4, -0.2) is 16.6 Å². The highest BCUT2D eigenvalue weighted by Gasteiger charge is 2.09. The molecule has 0 spiro atoms. The molecule has 0 radical (unpaired) electrons. The molecule has 3 nitrogen and oxygen atoms in total. The summed E-state index contributed by atoms with van der Waals surface area (Å²) in [5.74, 6) is 0.995. The van der Waals surface area contributed by atoms with Crippen LogP contribution >= 0.6 is 46.3 Å². The van der Waals surface area contributed by atoms with E-state index in [1.807, 2.05) is 37.3 Å². The molecular formula is C17H14Cl2N2OS2. The van der Waals surface area contributed by atoms with Gasteiger partial charge in [0.2, 0.25) is 5.91 Å². The van der Waals surface area contributed by atoms with Gasteiger partial charge in [0.05, 0.1) is 26.0 Å². The van der Waals surface area contributed by atoms with Crippen molar-refractivity contribution in [1.29, 1.82) is 0 Å². The zero-order valence-corrected chi connectivity index (χ0v) is 16.0. The van der Waals surface area contributed by atoms with Gasteiger partial charge in [-0.1, -0.05) is 52.7 Å². The molecule has 1 N–H and O–H groups in total. The van der Waals surface area contributed by atoms with Crippen LogP contribution in [0.2, 0.25) is 10.0 Å². The lowest BCUT2D eigenvalue weighted by atomic mass is 10.2. The predicted molar refractivity (Wildman–Crippen MR) is 106 cm³/mol. The van der Waals surface area contributed by atoms with E-state index in [4.69, 9.17) is 23.2 Å². The Morgan fingerprint density at radius 3 is 2.83 bits per heavy atom. The van der Waals surface area contributed by atoms with Gasteiger partial charge < -0.3 is 5.32 Å². The van der Waals surface area contributed by atoms with Crippen molar-refractivity contribution in [3.8, 4) is 0 Å². The molecule has 7 heteroatoms. The third-order valence-electron chi connectivity index (χ3n) is 3.35. The summed E-state index contributed by atoms with van der Waals surface area (Å²) in [5, 5.41) is 4.57. The molecule has 0 unspecified atom stereocenters. The van der Waals surface area contributed by atoms with Gasteiger partial charge in [0.25, 0.3) is 0 Å². The van der Waals surface area contributed by atoms with Gasteiger partial charge in [0, 0.05) is 5.75 Å². The Balaban J connectivity index is 1.55. The maximum absolute atomic E-state index is 12.1. The van der Waals surface area contributed by atoms with E-state index in [9.17, 15) is 4.79 Å². The molecule has 0 bridgehead atoms. The van der Waals surface area contributed by atoms with Gasteiger partial charge in [-0.05, 0) is 36.2 Å². The Morgan fingerprint density at radius 1 is 1.25 bits per heavy atom. The second-order valence-electron chi connectivity index (χ2n) is 5.23. The van der Waals surface area contributed by atoms with Crippen molar-refractivity contribution >= 4 is 67.6 Å². The number of fused-ring (bicyclic) bond motifs is 1. The fourth-order valence-corrected chi connectivity index (χ4v) is 4.24. The highest BCUT2D eigenvalue weighted by molar-refractivity contribution is 7.99. The van der Waals surface area contributed by atoms with Crippen LogP contribution in [0.5, 0.6) is 0 Å². The molecule has 1 aromatic heterocycles. The first-order chi connectivity index (χ1) is 11.5. The summed E-state index contributed by atoms with van der Waals surface area (Å²) in [6, 6.07) is 11.5. The Kier molecular flexibility index (Phi) is 5.66. The highest BCUT2D eigenvalue weighted by Crippen LogP contribution is 2.28. The topological polar surface area (TPSA) is 42.0 Å². The van der Waals surface area contributed by atoms with Gasteiger partial charge in [-0.15, -0.1) is 11.8 Å².